The summed E-state index contributed by atoms with van der Waals surface area (Å²) >= 11 is 0. The molecule has 2 amide bonds. The minimum Gasteiger partial charge on any atom is -0.360 e. The van der Waals surface area contributed by atoms with Gasteiger partial charge in [-0.15, -0.1) is 0 Å². The lowest BCUT2D eigenvalue weighted by atomic mass is 10.3. The van der Waals surface area contributed by atoms with Gasteiger partial charge in [-0.3, -0.25) is 0 Å². The van der Waals surface area contributed by atoms with E-state index < -0.39 is 6.10 Å². The summed E-state index contributed by atoms with van der Waals surface area (Å²) in [6.45, 7) is 5.15. The molecule has 1 rings (SSSR count). The molecule has 1 atom stereocenters. The maximum atomic E-state index is 11.5. The highest BCUT2D eigenvalue weighted by Crippen LogP contribution is 2.04. The summed E-state index contributed by atoms with van der Waals surface area (Å²) < 4.78 is 5.13. The number of urea groups is 1. The van der Waals surface area contributed by atoms with Gasteiger partial charge in [0.25, 0.3) is 0 Å². The number of carbonyl (C=O) groups excluding carboxylic acids is 1. The van der Waals surface area contributed by atoms with Gasteiger partial charge in [-0.1, -0.05) is 0 Å². The number of hydrogen-bond donors (Lipinski definition) is 1. The highest BCUT2D eigenvalue weighted by Gasteiger charge is 2.23. The zero-order valence-electron chi connectivity index (χ0n) is 8.49. The molecule has 0 spiro atoms. The molecule has 1 fully saturated rings. The van der Waals surface area contributed by atoms with E-state index in [9.17, 15) is 4.79 Å². The van der Waals surface area contributed by atoms with Gasteiger partial charge in [0.15, 0.2) is 6.10 Å². The Hall–Kier alpha value is -1.28. The molecule has 1 aliphatic rings. The second-order valence-corrected chi connectivity index (χ2v) is 3.54. The van der Waals surface area contributed by atoms with Gasteiger partial charge in [-0.25, -0.2) is 4.79 Å². The van der Waals surface area contributed by atoms with Crippen molar-refractivity contribution < 1.29 is 9.53 Å². The number of ether oxygens (including phenoxy) is 1. The largest absolute Gasteiger partial charge is 0.360 e. The Labute approximate surface area is 83.6 Å². The van der Waals surface area contributed by atoms with E-state index in [1.165, 1.54) is 0 Å². The van der Waals surface area contributed by atoms with E-state index in [-0.39, 0.29) is 12.1 Å². The first kappa shape index (κ1) is 10.8. The number of nitrogens with zero attached hydrogens (tertiary/aromatic N) is 2. The molecule has 0 aromatic carbocycles. The van der Waals surface area contributed by atoms with Crippen molar-refractivity contribution in [2.45, 2.75) is 26.0 Å². The number of carbonyl (C=O) groups is 1. The molecule has 1 saturated heterocycles. The molecule has 0 aromatic rings. The van der Waals surface area contributed by atoms with Gasteiger partial charge in [-0.05, 0) is 13.8 Å². The topological polar surface area (TPSA) is 65.4 Å². The number of rotatable bonds is 1. The summed E-state index contributed by atoms with van der Waals surface area (Å²) in [6, 6.07) is 1.99. The average molecular weight is 197 g/mol. The van der Waals surface area contributed by atoms with Gasteiger partial charge in [-0.2, -0.15) is 5.26 Å². The lowest BCUT2D eigenvalue weighted by molar-refractivity contribution is 0.0154. The maximum absolute atomic E-state index is 11.5. The maximum Gasteiger partial charge on any atom is 0.317 e. The van der Waals surface area contributed by atoms with E-state index in [2.05, 4.69) is 5.32 Å². The summed E-state index contributed by atoms with van der Waals surface area (Å²) in [7, 11) is 0. The lowest BCUT2D eigenvalue weighted by Gasteiger charge is -2.30. The van der Waals surface area contributed by atoms with Crippen molar-refractivity contribution in [3.05, 3.63) is 0 Å². The highest BCUT2D eigenvalue weighted by atomic mass is 16.5. The number of morpholine rings is 1. The van der Waals surface area contributed by atoms with E-state index in [0.29, 0.717) is 19.7 Å². The van der Waals surface area contributed by atoms with E-state index in [1.54, 1.807) is 4.90 Å². The average Bonchev–Trinajstić information content (AvgIpc) is 2.17. The summed E-state index contributed by atoms with van der Waals surface area (Å²) in [4.78, 5) is 13.1. The molecule has 78 valence electrons. The third-order valence-corrected chi connectivity index (χ3v) is 1.91. The van der Waals surface area contributed by atoms with Crippen LogP contribution in [0.4, 0.5) is 4.79 Å². The fourth-order valence-electron chi connectivity index (χ4n) is 1.25. The Morgan fingerprint density at radius 1 is 1.71 bits per heavy atom. The first-order valence-corrected chi connectivity index (χ1v) is 4.70. The van der Waals surface area contributed by atoms with Crippen LogP contribution in [0.15, 0.2) is 0 Å². The van der Waals surface area contributed by atoms with E-state index >= 15 is 0 Å². The van der Waals surface area contributed by atoms with E-state index in [1.807, 2.05) is 19.9 Å². The molecule has 14 heavy (non-hydrogen) atoms. The normalized spacial score (nSPS) is 21.9. The standard InChI is InChI=1S/C9H15N3O2/c1-7(2)11-9(13)12-3-4-14-8(5-10)6-12/h7-8H,3-4,6H2,1-2H3,(H,11,13). The van der Waals surface area contributed by atoms with Crippen LogP contribution < -0.4 is 5.32 Å². The van der Waals surface area contributed by atoms with Crippen LogP contribution in [0.25, 0.3) is 0 Å². The quantitative estimate of drug-likeness (QED) is 0.658. The summed E-state index contributed by atoms with van der Waals surface area (Å²) in [5, 5.41) is 11.4. The molecule has 5 heteroatoms. The van der Waals surface area contributed by atoms with E-state index in [0.717, 1.165) is 0 Å². The van der Waals surface area contributed by atoms with Gasteiger partial charge >= 0.3 is 6.03 Å². The zero-order valence-corrected chi connectivity index (χ0v) is 8.49. The van der Waals surface area contributed by atoms with Crippen molar-refractivity contribution in [2.75, 3.05) is 19.7 Å². The molecule has 5 nitrogen and oxygen atoms in total. The molecule has 1 aliphatic heterocycles. The Kier molecular flexibility index (Phi) is 3.72. The number of nitrogens with one attached hydrogen (secondary N) is 1. The number of amides is 2. The summed E-state index contributed by atoms with van der Waals surface area (Å²) in [5.74, 6) is 0. The minimum absolute atomic E-state index is 0.117. The van der Waals surface area contributed by atoms with Crippen LogP contribution in [-0.4, -0.2) is 42.8 Å². The van der Waals surface area contributed by atoms with Crippen LogP contribution in [0, 0.1) is 11.3 Å². The van der Waals surface area contributed by atoms with Crippen molar-refractivity contribution in [2.24, 2.45) is 0 Å². The Bertz CT molecular complexity index is 247. The molecule has 1 unspecified atom stereocenters. The molecule has 1 heterocycles. The molecule has 1 N–H and O–H groups in total. The first-order chi connectivity index (χ1) is 6.63. The fourth-order valence-corrected chi connectivity index (χ4v) is 1.25. The van der Waals surface area contributed by atoms with Crippen LogP contribution in [0.1, 0.15) is 13.8 Å². The van der Waals surface area contributed by atoms with Gasteiger partial charge in [0, 0.05) is 12.6 Å². The monoisotopic (exact) mass is 197 g/mol. The van der Waals surface area contributed by atoms with Gasteiger partial charge in [0.05, 0.1) is 19.2 Å². The van der Waals surface area contributed by atoms with Gasteiger partial charge < -0.3 is 15.0 Å². The SMILES string of the molecule is CC(C)NC(=O)N1CCOC(C#N)C1. The van der Waals surface area contributed by atoms with Crippen LogP contribution in [0.5, 0.6) is 0 Å². The van der Waals surface area contributed by atoms with Crippen molar-refractivity contribution in [3.8, 4) is 6.07 Å². The van der Waals surface area contributed by atoms with Crippen LogP contribution in [0.2, 0.25) is 0 Å². The lowest BCUT2D eigenvalue weighted by Crippen LogP contribution is -2.50. The molecule has 0 saturated carbocycles. The van der Waals surface area contributed by atoms with E-state index in [4.69, 9.17) is 10.00 Å². The smallest absolute Gasteiger partial charge is 0.317 e. The molecule has 0 radical (unpaired) electrons. The minimum atomic E-state index is -0.485. The molecule has 0 aliphatic carbocycles. The molecular weight excluding hydrogens is 182 g/mol. The Balaban J connectivity index is 2.44. The first-order valence-electron chi connectivity index (χ1n) is 4.70. The number of nitriles is 1. The molecular formula is C9H15N3O2. The fraction of sp³-hybridized carbons (Fsp3) is 0.778. The zero-order chi connectivity index (χ0) is 10.6. The third kappa shape index (κ3) is 2.89. The van der Waals surface area contributed by atoms with Crippen molar-refractivity contribution in [3.63, 3.8) is 0 Å². The Morgan fingerprint density at radius 3 is 3.00 bits per heavy atom. The van der Waals surface area contributed by atoms with Crippen molar-refractivity contribution in [1.29, 1.82) is 5.26 Å². The summed E-state index contributed by atoms with van der Waals surface area (Å²) in [5.41, 5.74) is 0. The molecule has 0 bridgehead atoms. The second kappa shape index (κ2) is 4.82. The van der Waals surface area contributed by atoms with Gasteiger partial charge in [0.1, 0.15) is 0 Å². The van der Waals surface area contributed by atoms with Crippen molar-refractivity contribution in [1.82, 2.24) is 10.2 Å². The third-order valence-electron chi connectivity index (χ3n) is 1.91. The van der Waals surface area contributed by atoms with Gasteiger partial charge in [0.2, 0.25) is 0 Å². The van der Waals surface area contributed by atoms with Crippen LogP contribution in [-0.2, 0) is 4.74 Å². The predicted octanol–water partition coefficient (Wildman–Crippen LogP) is 0.329. The predicted molar refractivity (Wildman–Crippen MR) is 50.6 cm³/mol. The molecule has 0 aromatic heterocycles. The van der Waals surface area contributed by atoms with Crippen LogP contribution in [0.3, 0.4) is 0 Å². The Morgan fingerprint density at radius 2 is 2.43 bits per heavy atom. The summed E-state index contributed by atoms with van der Waals surface area (Å²) in [6.07, 6.45) is -0.485. The van der Waals surface area contributed by atoms with Crippen molar-refractivity contribution >= 4 is 6.03 Å². The highest BCUT2D eigenvalue weighted by molar-refractivity contribution is 5.74. The van der Waals surface area contributed by atoms with Crippen LogP contribution >= 0.6 is 0 Å². The number of hydrogen-bond acceptors (Lipinski definition) is 3. The second-order valence-electron chi connectivity index (χ2n) is 3.54.